The molecule has 1 saturated heterocycles. The average Bonchev–Trinajstić information content (AvgIpc) is 2.67. The minimum Gasteiger partial charge on any atom is -0.466 e. The molecule has 0 aromatic heterocycles. The van der Waals surface area contributed by atoms with Gasteiger partial charge in [-0.15, -0.1) is 0 Å². The summed E-state index contributed by atoms with van der Waals surface area (Å²) in [5.41, 5.74) is 1.25. The van der Waals surface area contributed by atoms with E-state index < -0.39 is 26.1 Å². The molecule has 0 aliphatic carbocycles. The van der Waals surface area contributed by atoms with Crippen LogP contribution in [-0.2, 0) is 23.1 Å². The van der Waals surface area contributed by atoms with Gasteiger partial charge in [0, 0.05) is 17.0 Å². The molecule has 2 aliphatic heterocycles. The highest BCUT2D eigenvalue weighted by atomic mass is 31.2. The third-order valence-electron chi connectivity index (χ3n) is 4.68. The second-order valence-corrected chi connectivity index (χ2v) is 8.53. The topological polar surface area (TPSA) is 83.1 Å². The van der Waals surface area contributed by atoms with Crippen LogP contribution in [-0.4, -0.2) is 32.9 Å². The van der Waals surface area contributed by atoms with Crippen LogP contribution in [0.4, 0.5) is 8.78 Å². The molecule has 10 heteroatoms. The van der Waals surface area contributed by atoms with Crippen LogP contribution in [0.3, 0.4) is 0 Å². The van der Waals surface area contributed by atoms with Crippen molar-refractivity contribution in [1.82, 2.24) is 5.32 Å². The van der Waals surface area contributed by atoms with Crippen LogP contribution in [0.1, 0.15) is 31.7 Å². The van der Waals surface area contributed by atoms with Crippen molar-refractivity contribution in [2.24, 2.45) is 0 Å². The van der Waals surface area contributed by atoms with Crippen molar-refractivity contribution >= 4 is 13.6 Å². The Balaban J connectivity index is 2.24. The molecule has 0 radical (unpaired) electrons. The molecule has 7 nitrogen and oxygen atoms in total. The molecule has 0 saturated carbocycles. The fourth-order valence-corrected chi connectivity index (χ4v) is 5.70. The first-order valence-electron chi connectivity index (χ1n) is 8.98. The summed E-state index contributed by atoms with van der Waals surface area (Å²) in [7, 11) is -2.59. The minimum absolute atomic E-state index is 0.117. The van der Waals surface area contributed by atoms with E-state index in [1.807, 2.05) is 0 Å². The van der Waals surface area contributed by atoms with Crippen molar-refractivity contribution in [1.29, 1.82) is 0 Å². The van der Waals surface area contributed by atoms with Crippen LogP contribution in [0, 0.1) is 0 Å². The Kier molecular flexibility index (Phi) is 6.41. The largest absolute Gasteiger partial charge is 0.466 e. The zero-order valence-electron chi connectivity index (χ0n) is 16.2. The number of esters is 1. The maximum atomic E-state index is 13.6. The van der Waals surface area contributed by atoms with Gasteiger partial charge in [-0.1, -0.05) is 18.2 Å². The van der Waals surface area contributed by atoms with Crippen molar-refractivity contribution in [3.63, 3.8) is 0 Å². The normalized spacial score (nSPS) is 21.8. The van der Waals surface area contributed by atoms with Gasteiger partial charge in [-0.25, -0.2) is 4.79 Å². The first kappa shape index (κ1) is 21.5. The van der Waals surface area contributed by atoms with Crippen molar-refractivity contribution in [3.8, 4) is 5.75 Å². The number of rotatable bonds is 5. The van der Waals surface area contributed by atoms with Crippen LogP contribution in [0.2, 0.25) is 0 Å². The van der Waals surface area contributed by atoms with Crippen LogP contribution in [0.25, 0.3) is 0 Å². The summed E-state index contributed by atoms with van der Waals surface area (Å²) in [5.74, 6) is -1.85. The van der Waals surface area contributed by atoms with E-state index in [0.717, 1.165) is 0 Å². The van der Waals surface area contributed by atoms with Crippen LogP contribution >= 0.6 is 7.60 Å². The Morgan fingerprint density at radius 1 is 1.21 bits per heavy atom. The fourth-order valence-electron chi connectivity index (χ4n) is 3.56. The summed E-state index contributed by atoms with van der Waals surface area (Å²) in [6, 6.07) is 6.04. The Bertz CT molecular complexity index is 904. The molecule has 2 aliphatic rings. The zero-order chi connectivity index (χ0) is 21.2. The number of para-hydroxylation sites is 1. The molecular weight excluding hydrogens is 407 g/mol. The Morgan fingerprint density at radius 3 is 2.48 bits per heavy atom. The van der Waals surface area contributed by atoms with E-state index in [2.05, 4.69) is 10.1 Å². The molecule has 1 aromatic carbocycles. The second kappa shape index (κ2) is 8.65. The number of methoxy groups -OCH3 is 1. The summed E-state index contributed by atoms with van der Waals surface area (Å²) in [6.45, 7) is 0.668. The van der Waals surface area contributed by atoms with E-state index in [1.165, 1.54) is 25.3 Å². The Hall–Kier alpha value is -2.22. The second-order valence-electron chi connectivity index (χ2n) is 6.53. The number of carbonyl (C=O) groups excluding carboxylic acids is 1. The first-order chi connectivity index (χ1) is 13.8. The minimum atomic E-state index is -3.80. The number of ether oxygens (including phenoxy) is 2. The van der Waals surface area contributed by atoms with Gasteiger partial charge in [0.15, 0.2) is 0 Å². The lowest BCUT2D eigenvalue weighted by Crippen LogP contribution is -2.30. The number of hydrogen-bond acceptors (Lipinski definition) is 7. The summed E-state index contributed by atoms with van der Waals surface area (Å²) >= 11 is 0. The molecule has 0 bridgehead atoms. The molecule has 3 rings (SSSR count). The highest BCUT2D eigenvalue weighted by Gasteiger charge is 2.46. The third kappa shape index (κ3) is 4.22. The van der Waals surface area contributed by atoms with Crippen LogP contribution in [0.15, 0.2) is 46.5 Å². The van der Waals surface area contributed by atoms with E-state index in [9.17, 15) is 18.1 Å². The summed E-state index contributed by atoms with van der Waals surface area (Å²) in [5, 5.41) is 3.19. The third-order valence-corrected chi connectivity index (χ3v) is 6.91. The van der Waals surface area contributed by atoms with Gasteiger partial charge in [-0.2, -0.15) is 8.78 Å². The SMILES string of the molecule is COC(=O)C1=C(C)NC(C)=C(P2(=O)OCCCO2)C1c1ccccc1OC(F)F. The Morgan fingerprint density at radius 2 is 1.86 bits per heavy atom. The van der Waals surface area contributed by atoms with Crippen LogP contribution in [0.5, 0.6) is 5.75 Å². The van der Waals surface area contributed by atoms with Gasteiger partial charge in [0.05, 0.1) is 37.1 Å². The van der Waals surface area contributed by atoms with Crippen LogP contribution < -0.4 is 10.1 Å². The average molecular weight is 429 g/mol. The van der Waals surface area contributed by atoms with Gasteiger partial charge in [-0.05, 0) is 26.3 Å². The molecule has 158 valence electrons. The van der Waals surface area contributed by atoms with Gasteiger partial charge in [0.2, 0.25) is 0 Å². The standard InChI is InChI=1S/C19H22F2NO6P/c1-11-15(18(23)25-3)16(13-7-4-5-8-14(13)28-19(20)21)17(12(2)22-11)29(24)26-9-6-10-27-29/h4-5,7-8,16,19,22H,6,9-10H2,1-3H3. The van der Waals surface area contributed by atoms with E-state index in [4.69, 9.17) is 13.8 Å². The molecule has 1 aromatic rings. The van der Waals surface area contributed by atoms with Gasteiger partial charge in [0.1, 0.15) is 5.75 Å². The van der Waals surface area contributed by atoms with E-state index in [-0.39, 0.29) is 35.4 Å². The molecule has 1 unspecified atom stereocenters. The molecule has 1 fully saturated rings. The smallest absolute Gasteiger partial charge is 0.387 e. The quantitative estimate of drug-likeness (QED) is 0.553. The molecule has 0 spiro atoms. The van der Waals surface area contributed by atoms with E-state index in [1.54, 1.807) is 19.9 Å². The lowest BCUT2D eigenvalue weighted by atomic mass is 9.86. The number of hydrogen-bond donors (Lipinski definition) is 1. The molecule has 29 heavy (non-hydrogen) atoms. The predicted octanol–water partition coefficient (Wildman–Crippen LogP) is 4.28. The number of allylic oxidation sites excluding steroid dienone is 3. The number of nitrogens with one attached hydrogen (secondary N) is 1. The fraction of sp³-hybridized carbons (Fsp3) is 0.421. The number of carbonyl (C=O) groups is 1. The van der Waals surface area contributed by atoms with E-state index in [0.29, 0.717) is 17.8 Å². The summed E-state index contributed by atoms with van der Waals surface area (Å²) in [6.07, 6.45) is 0.568. The zero-order valence-corrected chi connectivity index (χ0v) is 17.1. The van der Waals surface area contributed by atoms with Crippen molar-refractivity contribution in [2.75, 3.05) is 20.3 Å². The maximum absolute atomic E-state index is 13.6. The first-order valence-corrected chi connectivity index (χ1v) is 10.5. The number of halogens is 2. The predicted molar refractivity (Wildman–Crippen MR) is 100 cm³/mol. The number of dihydropyridines is 1. The maximum Gasteiger partial charge on any atom is 0.387 e. The highest BCUT2D eigenvalue weighted by molar-refractivity contribution is 7.58. The summed E-state index contributed by atoms with van der Waals surface area (Å²) in [4.78, 5) is 12.6. The molecule has 2 heterocycles. The lowest BCUT2D eigenvalue weighted by molar-refractivity contribution is -0.136. The lowest BCUT2D eigenvalue weighted by Gasteiger charge is -2.36. The van der Waals surface area contributed by atoms with Crippen molar-refractivity contribution < 1.29 is 36.7 Å². The van der Waals surface area contributed by atoms with E-state index >= 15 is 0 Å². The van der Waals surface area contributed by atoms with Gasteiger partial charge < -0.3 is 23.8 Å². The van der Waals surface area contributed by atoms with Gasteiger partial charge in [0.25, 0.3) is 0 Å². The van der Waals surface area contributed by atoms with Gasteiger partial charge in [-0.3, -0.25) is 4.57 Å². The highest BCUT2D eigenvalue weighted by Crippen LogP contribution is 2.65. The molecular formula is C19H22F2NO6P. The van der Waals surface area contributed by atoms with Crippen molar-refractivity contribution in [2.45, 2.75) is 32.8 Å². The number of alkyl halides is 2. The molecule has 0 amide bonds. The summed E-state index contributed by atoms with van der Waals surface area (Å²) < 4.78 is 60.2. The van der Waals surface area contributed by atoms with Crippen molar-refractivity contribution in [3.05, 3.63) is 52.1 Å². The monoisotopic (exact) mass is 429 g/mol. The molecule has 1 atom stereocenters. The van der Waals surface area contributed by atoms with Gasteiger partial charge >= 0.3 is 20.2 Å². The Labute approximate surface area is 167 Å². The number of benzene rings is 1. The molecule has 1 N–H and O–H groups in total.